The fraction of sp³-hybridized carbons (Fsp3) is 0. The average Bonchev–Trinajstić information content (AvgIpc) is 1.88. The summed E-state index contributed by atoms with van der Waals surface area (Å²) in [6.07, 6.45) is 1.60. The number of pyridine rings is 1. The topological polar surface area (TPSA) is 42.0 Å². The summed E-state index contributed by atoms with van der Waals surface area (Å²) in [5.41, 5.74) is 0. The van der Waals surface area contributed by atoms with Crippen molar-refractivity contribution < 1.29 is 4.79 Å². The third kappa shape index (κ3) is 1.85. The molecule has 1 aromatic heterocycles. The van der Waals surface area contributed by atoms with Crippen LogP contribution in [0.1, 0.15) is 0 Å². The molecular weight excluding hydrogens is 128 g/mol. The van der Waals surface area contributed by atoms with Crippen LogP contribution < -0.4 is 5.32 Å². The maximum Gasteiger partial charge on any atom is 0.226 e. The van der Waals surface area contributed by atoms with Crippen LogP contribution in [-0.2, 0) is 4.79 Å². The Labute approximate surface area is 59.1 Å². The molecule has 0 saturated heterocycles. The molecule has 0 bridgehead atoms. The van der Waals surface area contributed by atoms with Crippen molar-refractivity contribution in [3.63, 3.8) is 0 Å². The molecule has 1 N–H and O–H groups in total. The van der Waals surface area contributed by atoms with Gasteiger partial charge in [0.05, 0.1) is 0 Å². The quantitative estimate of drug-likeness (QED) is 0.620. The predicted octanol–water partition coefficient (Wildman–Crippen LogP) is 0.854. The first kappa shape index (κ1) is 6.74. The van der Waals surface area contributed by atoms with E-state index in [9.17, 15) is 4.79 Å². The molecule has 0 aliphatic rings. The first-order valence-electron chi connectivity index (χ1n) is 2.83. The summed E-state index contributed by atoms with van der Waals surface area (Å²) in [5.74, 6) is 0.182. The minimum absolute atomic E-state index is 0.348. The van der Waals surface area contributed by atoms with Gasteiger partial charge in [-0.3, -0.25) is 4.79 Å². The van der Waals surface area contributed by atoms with Gasteiger partial charge in [-0.05, 0) is 12.1 Å². The molecule has 1 aromatic rings. The highest BCUT2D eigenvalue weighted by Gasteiger charge is 1.91. The molecule has 3 nitrogen and oxygen atoms in total. The fourth-order valence-electron chi connectivity index (χ4n) is 0.580. The number of carbonyl (C=O) groups is 1. The molecule has 0 atom stereocenters. The first-order chi connectivity index (χ1) is 4.79. The Hall–Kier alpha value is -1.38. The summed E-state index contributed by atoms with van der Waals surface area (Å²) in [7, 11) is 0. The molecule has 3 heteroatoms. The van der Waals surface area contributed by atoms with Crippen molar-refractivity contribution in [3.8, 4) is 0 Å². The van der Waals surface area contributed by atoms with Gasteiger partial charge in [-0.25, -0.2) is 4.98 Å². The molecule has 0 spiro atoms. The monoisotopic (exact) mass is 135 g/mol. The summed E-state index contributed by atoms with van der Waals surface area (Å²) >= 11 is 0. The van der Waals surface area contributed by atoms with Gasteiger partial charge in [0.1, 0.15) is 5.82 Å². The number of hydrogen-bond acceptors (Lipinski definition) is 2. The van der Waals surface area contributed by atoms with Crippen LogP contribution in [0, 0.1) is 6.92 Å². The van der Waals surface area contributed by atoms with Crippen LogP contribution in [0.25, 0.3) is 0 Å². The molecule has 51 valence electrons. The number of nitrogens with zero attached hydrogens (tertiary/aromatic N) is 1. The Morgan fingerprint density at radius 2 is 2.40 bits per heavy atom. The van der Waals surface area contributed by atoms with Gasteiger partial charge in [-0.2, -0.15) is 0 Å². The summed E-state index contributed by atoms with van der Waals surface area (Å²) in [6.45, 7) is 3.14. The van der Waals surface area contributed by atoms with Crippen LogP contribution in [0.15, 0.2) is 24.4 Å². The standard InChI is InChI=1S/C7H7N2O/c1-6(10)9-7-4-2-3-5-8-7/h2-5H,1H2,(H,8,9,10). The number of hydrogen-bond donors (Lipinski definition) is 1. The molecule has 0 saturated carbocycles. The van der Waals surface area contributed by atoms with E-state index in [2.05, 4.69) is 17.2 Å². The van der Waals surface area contributed by atoms with Crippen molar-refractivity contribution in [3.05, 3.63) is 31.3 Å². The van der Waals surface area contributed by atoms with Crippen molar-refractivity contribution >= 4 is 11.7 Å². The van der Waals surface area contributed by atoms with E-state index in [0.29, 0.717) is 5.82 Å². The second kappa shape index (κ2) is 2.96. The maximum absolute atomic E-state index is 10.4. The summed E-state index contributed by atoms with van der Waals surface area (Å²) < 4.78 is 0. The van der Waals surface area contributed by atoms with E-state index in [1.165, 1.54) is 0 Å². The minimum atomic E-state index is -0.348. The van der Waals surface area contributed by atoms with E-state index in [1.54, 1.807) is 24.4 Å². The van der Waals surface area contributed by atoms with Crippen molar-refractivity contribution in [2.24, 2.45) is 0 Å². The highest BCUT2D eigenvalue weighted by atomic mass is 16.1. The molecule has 0 unspecified atom stereocenters. The van der Waals surface area contributed by atoms with E-state index >= 15 is 0 Å². The smallest absolute Gasteiger partial charge is 0.226 e. The average molecular weight is 135 g/mol. The van der Waals surface area contributed by atoms with Crippen LogP contribution in [0.2, 0.25) is 0 Å². The summed E-state index contributed by atoms with van der Waals surface area (Å²) in [5, 5.41) is 2.44. The zero-order valence-electron chi connectivity index (χ0n) is 5.37. The summed E-state index contributed by atoms with van der Waals surface area (Å²) in [4.78, 5) is 14.2. The van der Waals surface area contributed by atoms with Gasteiger partial charge in [0.15, 0.2) is 0 Å². The normalized spacial score (nSPS) is 8.90. The molecule has 10 heavy (non-hydrogen) atoms. The van der Waals surface area contributed by atoms with Crippen molar-refractivity contribution in [1.29, 1.82) is 0 Å². The lowest BCUT2D eigenvalue weighted by Crippen LogP contribution is -2.06. The molecule has 0 aliphatic heterocycles. The zero-order chi connectivity index (χ0) is 7.40. The van der Waals surface area contributed by atoms with E-state index < -0.39 is 0 Å². The number of anilines is 1. The van der Waals surface area contributed by atoms with Gasteiger partial charge in [0.25, 0.3) is 0 Å². The molecule has 1 amide bonds. The number of amides is 1. The largest absolute Gasteiger partial charge is 0.311 e. The SMILES string of the molecule is [CH2]C(=O)Nc1ccccn1. The summed E-state index contributed by atoms with van der Waals surface area (Å²) in [6, 6.07) is 5.26. The van der Waals surface area contributed by atoms with E-state index in [1.807, 2.05) is 0 Å². The molecular formula is C7H7N2O. The molecule has 0 aliphatic carbocycles. The Kier molecular flexibility index (Phi) is 1.99. The number of nitrogens with one attached hydrogen (secondary N) is 1. The van der Waals surface area contributed by atoms with Crippen molar-refractivity contribution in [2.45, 2.75) is 0 Å². The van der Waals surface area contributed by atoms with Crippen LogP contribution >= 0.6 is 0 Å². The highest BCUT2D eigenvalue weighted by Crippen LogP contribution is 1.97. The zero-order valence-corrected chi connectivity index (χ0v) is 5.37. The number of rotatable bonds is 1. The molecule has 1 radical (unpaired) electrons. The fourth-order valence-corrected chi connectivity index (χ4v) is 0.580. The van der Waals surface area contributed by atoms with E-state index in [4.69, 9.17) is 0 Å². The second-order valence-electron chi connectivity index (χ2n) is 1.76. The van der Waals surface area contributed by atoms with Crippen LogP contribution in [0.4, 0.5) is 5.82 Å². The second-order valence-corrected chi connectivity index (χ2v) is 1.76. The highest BCUT2D eigenvalue weighted by molar-refractivity contribution is 5.92. The Bertz CT molecular complexity index is 220. The maximum atomic E-state index is 10.4. The Morgan fingerprint density at radius 3 is 2.90 bits per heavy atom. The van der Waals surface area contributed by atoms with Crippen molar-refractivity contribution in [2.75, 3.05) is 5.32 Å². The van der Waals surface area contributed by atoms with Gasteiger partial charge in [0.2, 0.25) is 5.91 Å². The molecule has 1 heterocycles. The lowest BCUT2D eigenvalue weighted by atomic mass is 10.4. The lowest BCUT2D eigenvalue weighted by Gasteiger charge is -1.96. The van der Waals surface area contributed by atoms with Gasteiger partial charge in [0, 0.05) is 13.1 Å². The van der Waals surface area contributed by atoms with E-state index in [-0.39, 0.29) is 5.91 Å². The predicted molar refractivity (Wildman–Crippen MR) is 38.2 cm³/mol. The Balaban J connectivity index is 2.67. The third-order valence-electron chi connectivity index (χ3n) is 0.932. The van der Waals surface area contributed by atoms with Crippen LogP contribution in [-0.4, -0.2) is 10.9 Å². The number of carbonyl (C=O) groups excluding carboxylic acids is 1. The van der Waals surface area contributed by atoms with Crippen molar-refractivity contribution in [1.82, 2.24) is 4.98 Å². The number of aromatic nitrogens is 1. The van der Waals surface area contributed by atoms with Crippen LogP contribution in [0.5, 0.6) is 0 Å². The van der Waals surface area contributed by atoms with Gasteiger partial charge >= 0.3 is 0 Å². The Morgan fingerprint density at radius 1 is 1.60 bits per heavy atom. The van der Waals surface area contributed by atoms with Gasteiger partial charge in [-0.1, -0.05) is 6.07 Å². The van der Waals surface area contributed by atoms with Gasteiger partial charge < -0.3 is 5.32 Å². The molecule has 0 fully saturated rings. The van der Waals surface area contributed by atoms with Crippen LogP contribution in [0.3, 0.4) is 0 Å². The molecule has 1 rings (SSSR count). The minimum Gasteiger partial charge on any atom is -0.311 e. The van der Waals surface area contributed by atoms with Gasteiger partial charge in [-0.15, -0.1) is 0 Å². The third-order valence-corrected chi connectivity index (χ3v) is 0.932. The lowest BCUT2D eigenvalue weighted by molar-refractivity contribution is -0.112. The molecule has 0 aromatic carbocycles. The first-order valence-corrected chi connectivity index (χ1v) is 2.83. The van der Waals surface area contributed by atoms with E-state index in [0.717, 1.165) is 0 Å².